The minimum atomic E-state index is -0.276. The second kappa shape index (κ2) is 13.5. The summed E-state index contributed by atoms with van der Waals surface area (Å²) in [7, 11) is 0. The minimum absolute atomic E-state index is 0.276. The first-order valence-corrected chi connectivity index (χ1v) is 23.0. The average molecular weight is 865 g/mol. The summed E-state index contributed by atoms with van der Waals surface area (Å²) >= 11 is 1.84. The molecule has 4 aliphatic heterocycles. The van der Waals surface area contributed by atoms with Crippen LogP contribution in [0.3, 0.4) is 0 Å². The Bertz CT molecular complexity index is 3870. The lowest BCUT2D eigenvalue weighted by atomic mass is 9.43. The molecule has 1 aromatic heterocycles. The zero-order valence-corrected chi connectivity index (χ0v) is 35.9. The molecule has 308 valence electrons. The Balaban J connectivity index is 1.06. The van der Waals surface area contributed by atoms with E-state index in [0.29, 0.717) is 46.0 Å². The number of hydrogen-bond acceptors (Lipinski definition) is 7. The summed E-state index contributed by atoms with van der Waals surface area (Å²) in [5, 5.41) is 4.82. The maximum atomic E-state index is 6.77. The molecule has 6 nitrogen and oxygen atoms in total. The van der Waals surface area contributed by atoms with Crippen molar-refractivity contribution in [2.45, 2.75) is 0 Å². The van der Waals surface area contributed by atoms with Crippen LogP contribution in [0.1, 0.15) is 0 Å². The molecular formula is C58H33BN2O4S. The van der Waals surface area contributed by atoms with Crippen molar-refractivity contribution >= 4 is 88.5 Å². The minimum Gasteiger partial charge on any atom is -0.450 e. The normalized spacial score (nSPS) is 13.5. The van der Waals surface area contributed by atoms with Crippen LogP contribution >= 0.6 is 11.3 Å². The molecule has 8 heteroatoms. The van der Waals surface area contributed by atoms with Gasteiger partial charge in [0.05, 0.1) is 16.1 Å². The molecule has 0 atom stereocenters. The first-order valence-electron chi connectivity index (χ1n) is 22.2. The van der Waals surface area contributed by atoms with Crippen LogP contribution in [0.4, 0.5) is 28.4 Å². The van der Waals surface area contributed by atoms with Crippen LogP contribution in [0, 0.1) is 0 Å². The molecule has 66 heavy (non-hydrogen) atoms. The van der Waals surface area contributed by atoms with E-state index in [4.69, 9.17) is 18.9 Å². The van der Waals surface area contributed by atoms with Crippen molar-refractivity contribution in [1.82, 2.24) is 0 Å². The van der Waals surface area contributed by atoms with E-state index in [1.54, 1.807) is 0 Å². The molecule has 5 heterocycles. The molecule has 0 bridgehead atoms. The molecule has 0 aliphatic carbocycles. The number of nitrogens with zero attached hydrogens (tertiary/aromatic N) is 2. The topological polar surface area (TPSA) is 43.4 Å². The van der Waals surface area contributed by atoms with Crippen molar-refractivity contribution in [3.05, 3.63) is 200 Å². The standard InChI is InChI=1S/C58H33BN2O4S/c1-2-12-34(13-3-1)35-22-24-38(25-23-35)61-45-29-37-15-5-4-14-36(37)28-41(45)42-31-43-40-16-6-11-21-55(40)66-58(43)57-56(42)59(61)44-32-53-54(65-50-20-10-9-19-49(50)64-53)33-46(44)60(57)39-26-27-51-52(30-39)63-48-18-8-7-17-47(48)62-51/h1-33H. The Morgan fingerprint density at radius 1 is 0.394 bits per heavy atom. The predicted octanol–water partition coefficient (Wildman–Crippen LogP) is 15.4. The van der Waals surface area contributed by atoms with Gasteiger partial charge >= 0.3 is 6.85 Å². The van der Waals surface area contributed by atoms with E-state index in [9.17, 15) is 0 Å². The summed E-state index contributed by atoms with van der Waals surface area (Å²) in [4.78, 5) is 4.99. The molecule has 10 aromatic carbocycles. The summed E-state index contributed by atoms with van der Waals surface area (Å²) in [5.74, 6) is 5.38. The van der Waals surface area contributed by atoms with Gasteiger partial charge in [-0.05, 0) is 117 Å². The summed E-state index contributed by atoms with van der Waals surface area (Å²) in [6.07, 6.45) is 0. The highest BCUT2D eigenvalue weighted by Crippen LogP contribution is 2.56. The van der Waals surface area contributed by atoms with E-state index in [0.717, 1.165) is 39.5 Å². The monoisotopic (exact) mass is 864 g/mol. The third-order valence-corrected chi connectivity index (χ3v) is 14.7. The van der Waals surface area contributed by atoms with Gasteiger partial charge in [0.1, 0.15) is 0 Å². The average Bonchev–Trinajstić information content (AvgIpc) is 3.75. The van der Waals surface area contributed by atoms with Gasteiger partial charge in [-0.3, -0.25) is 0 Å². The number of benzene rings is 10. The van der Waals surface area contributed by atoms with Gasteiger partial charge in [-0.25, -0.2) is 0 Å². The lowest BCUT2D eigenvalue weighted by Crippen LogP contribution is -2.61. The van der Waals surface area contributed by atoms with Crippen LogP contribution in [0.15, 0.2) is 200 Å². The van der Waals surface area contributed by atoms with Gasteiger partial charge in [0, 0.05) is 50.2 Å². The van der Waals surface area contributed by atoms with Crippen molar-refractivity contribution in [1.29, 1.82) is 0 Å². The molecule has 0 unspecified atom stereocenters. The molecule has 0 amide bonds. The molecular weight excluding hydrogens is 832 g/mol. The largest absolute Gasteiger partial charge is 0.450 e. The van der Waals surface area contributed by atoms with Crippen LogP contribution in [0.2, 0.25) is 0 Å². The molecule has 0 spiro atoms. The summed E-state index contributed by atoms with van der Waals surface area (Å²) in [5.41, 5.74) is 12.3. The van der Waals surface area contributed by atoms with Crippen LogP contribution in [-0.2, 0) is 0 Å². The first-order chi connectivity index (χ1) is 32.7. The van der Waals surface area contributed by atoms with Gasteiger partial charge in [-0.1, -0.05) is 109 Å². The van der Waals surface area contributed by atoms with Gasteiger partial charge in [0.25, 0.3) is 0 Å². The number of hydrogen-bond donors (Lipinski definition) is 0. The second-order valence-corrected chi connectivity index (χ2v) is 18.2. The van der Waals surface area contributed by atoms with Crippen LogP contribution < -0.4 is 39.6 Å². The fraction of sp³-hybridized carbons (Fsp3) is 0. The van der Waals surface area contributed by atoms with Crippen LogP contribution in [0.5, 0.6) is 46.0 Å². The van der Waals surface area contributed by atoms with E-state index < -0.39 is 0 Å². The molecule has 0 N–H and O–H groups in total. The van der Waals surface area contributed by atoms with E-state index in [-0.39, 0.29) is 6.85 Å². The van der Waals surface area contributed by atoms with Crippen molar-refractivity contribution in [3.63, 3.8) is 0 Å². The number of ether oxygens (including phenoxy) is 4. The molecule has 0 fully saturated rings. The van der Waals surface area contributed by atoms with Crippen molar-refractivity contribution < 1.29 is 18.9 Å². The second-order valence-electron chi connectivity index (χ2n) is 17.2. The number of anilines is 5. The fourth-order valence-electron chi connectivity index (χ4n) is 10.6. The Morgan fingerprint density at radius 3 is 1.71 bits per heavy atom. The number of thiophene rings is 1. The lowest BCUT2D eigenvalue weighted by Gasteiger charge is -2.46. The summed E-state index contributed by atoms with van der Waals surface area (Å²) in [6, 6.07) is 70.8. The first kappa shape index (κ1) is 35.9. The van der Waals surface area contributed by atoms with Crippen molar-refractivity contribution in [2.24, 2.45) is 0 Å². The highest BCUT2D eigenvalue weighted by molar-refractivity contribution is 7.26. The summed E-state index contributed by atoms with van der Waals surface area (Å²) in [6.45, 7) is -0.276. The van der Waals surface area contributed by atoms with E-state index >= 15 is 0 Å². The smallest absolute Gasteiger partial charge is 0.333 e. The number of para-hydroxylation sites is 4. The van der Waals surface area contributed by atoms with Crippen molar-refractivity contribution in [3.8, 4) is 68.2 Å². The van der Waals surface area contributed by atoms with E-state index in [1.807, 2.05) is 65.9 Å². The zero-order chi connectivity index (χ0) is 43.0. The maximum Gasteiger partial charge on any atom is 0.333 e. The number of rotatable bonds is 3. The number of fused-ring (bicyclic) bond motifs is 13. The third-order valence-electron chi connectivity index (χ3n) is 13.5. The van der Waals surface area contributed by atoms with Crippen LogP contribution in [-0.4, -0.2) is 6.85 Å². The molecule has 0 saturated carbocycles. The Hall–Kier alpha value is -8.46. The van der Waals surface area contributed by atoms with Gasteiger partial charge in [-0.15, -0.1) is 11.3 Å². The highest BCUT2D eigenvalue weighted by Gasteiger charge is 2.47. The molecule has 4 aliphatic rings. The Labute approximate surface area is 383 Å². The third kappa shape index (κ3) is 5.18. The molecule has 11 aromatic rings. The van der Waals surface area contributed by atoms with Crippen LogP contribution in [0.25, 0.3) is 53.2 Å². The SMILES string of the molecule is c1ccc(-c2ccc(N3B4c5cc6c(cc5N(c5ccc7c(c5)Oc5ccccc5O7)c5c4c(cc4c5sc5ccccc54)-c4cc5ccccc5cc43)Oc3ccccc3O6)cc2)cc1. The Morgan fingerprint density at radius 2 is 0.970 bits per heavy atom. The van der Waals surface area contributed by atoms with E-state index in [1.165, 1.54) is 53.1 Å². The predicted molar refractivity (Wildman–Crippen MR) is 269 cm³/mol. The molecule has 0 saturated heterocycles. The molecule has 15 rings (SSSR count). The summed E-state index contributed by atoms with van der Waals surface area (Å²) < 4.78 is 29.0. The highest BCUT2D eigenvalue weighted by atomic mass is 32.1. The van der Waals surface area contributed by atoms with E-state index in [2.05, 4.69) is 155 Å². The maximum absolute atomic E-state index is 6.77. The zero-order valence-electron chi connectivity index (χ0n) is 35.1. The fourth-order valence-corrected chi connectivity index (χ4v) is 11.8. The quantitative estimate of drug-likeness (QED) is 0.165. The Kier molecular flexibility index (Phi) is 7.37. The van der Waals surface area contributed by atoms with Gasteiger partial charge in [-0.2, -0.15) is 0 Å². The van der Waals surface area contributed by atoms with Gasteiger partial charge in [0.2, 0.25) is 0 Å². The molecule has 0 radical (unpaired) electrons. The van der Waals surface area contributed by atoms with Gasteiger partial charge in [0.15, 0.2) is 46.0 Å². The van der Waals surface area contributed by atoms with Crippen molar-refractivity contribution in [2.75, 3.05) is 9.71 Å². The van der Waals surface area contributed by atoms with Gasteiger partial charge < -0.3 is 28.7 Å². The lowest BCUT2D eigenvalue weighted by molar-refractivity contribution is 0.359.